The third-order valence-corrected chi connectivity index (χ3v) is 5.72. The minimum Gasteiger partial charge on any atom is -0.298 e. The largest absolute Gasteiger partial charge is 0.298 e. The summed E-state index contributed by atoms with van der Waals surface area (Å²) in [6.07, 6.45) is 18.8. The molecule has 1 aromatic rings. The average molecular weight is 397 g/mol. The molecule has 0 saturated carbocycles. The molecule has 0 amide bonds. The Morgan fingerprint density at radius 3 is 1.63 bits per heavy atom. The lowest BCUT2D eigenvalue weighted by Gasteiger charge is -2.09. The van der Waals surface area contributed by atoms with E-state index in [0.717, 1.165) is 12.8 Å². The second-order valence-corrected chi connectivity index (χ2v) is 8.16. The predicted molar refractivity (Wildman–Crippen MR) is 115 cm³/mol. The first-order valence-corrected chi connectivity index (χ1v) is 11.5. The van der Waals surface area contributed by atoms with Crippen molar-refractivity contribution in [2.75, 3.05) is 0 Å². The van der Waals surface area contributed by atoms with Crippen LogP contribution < -0.4 is 0 Å². The van der Waals surface area contributed by atoms with E-state index in [1.54, 1.807) is 12.1 Å². The monoisotopic (exact) mass is 396 g/mol. The molecule has 0 bridgehead atoms. The highest BCUT2D eigenvalue weighted by Gasteiger charge is 2.16. The molecule has 1 nitrogen and oxygen atoms in total. The summed E-state index contributed by atoms with van der Waals surface area (Å²) in [4.78, 5) is 12.1. The van der Waals surface area contributed by atoms with Gasteiger partial charge in [0.1, 0.15) is 11.2 Å². The first kappa shape index (κ1) is 24.1. The van der Waals surface area contributed by atoms with Gasteiger partial charge in [0.05, 0.1) is 0 Å². The smallest absolute Gasteiger partial charge is 0.155 e. The summed E-state index contributed by atoms with van der Waals surface area (Å²) in [7, 11) is 0. The number of alkyl halides is 1. The molecule has 3 heteroatoms. The van der Waals surface area contributed by atoms with Crippen LogP contribution in [0.5, 0.6) is 0 Å². The van der Waals surface area contributed by atoms with Gasteiger partial charge in [0.25, 0.3) is 0 Å². The van der Waals surface area contributed by atoms with Crippen molar-refractivity contribution in [3.05, 3.63) is 35.6 Å². The molecule has 0 N–H and O–H groups in total. The maximum atomic E-state index is 12.9. The minimum absolute atomic E-state index is 0.0437. The van der Waals surface area contributed by atoms with Crippen molar-refractivity contribution >= 4 is 17.4 Å². The SMILES string of the molecule is CCCCCCCCCCCCCCCCC(=O)C(Cl)c1ccc(F)cc1. The lowest BCUT2D eigenvalue weighted by molar-refractivity contribution is -0.118. The molecule has 1 atom stereocenters. The fourth-order valence-corrected chi connectivity index (χ4v) is 3.69. The molecule has 1 rings (SSSR count). The number of carbonyl (C=O) groups is 1. The summed E-state index contributed by atoms with van der Waals surface area (Å²) in [5.41, 5.74) is 0.688. The van der Waals surface area contributed by atoms with E-state index < -0.39 is 5.38 Å². The van der Waals surface area contributed by atoms with Crippen LogP contribution in [-0.2, 0) is 4.79 Å². The van der Waals surface area contributed by atoms with Crippen molar-refractivity contribution in [3.63, 3.8) is 0 Å². The van der Waals surface area contributed by atoms with Crippen molar-refractivity contribution in [2.45, 2.75) is 109 Å². The highest BCUT2D eigenvalue weighted by molar-refractivity contribution is 6.31. The number of hydrogen-bond donors (Lipinski definition) is 0. The average Bonchev–Trinajstić information content (AvgIpc) is 2.68. The second-order valence-electron chi connectivity index (χ2n) is 7.73. The molecule has 0 spiro atoms. The van der Waals surface area contributed by atoms with E-state index in [4.69, 9.17) is 11.6 Å². The quantitative estimate of drug-likeness (QED) is 0.190. The number of unbranched alkanes of at least 4 members (excludes halogenated alkanes) is 13. The van der Waals surface area contributed by atoms with Crippen molar-refractivity contribution in [2.24, 2.45) is 0 Å². The van der Waals surface area contributed by atoms with Crippen molar-refractivity contribution < 1.29 is 9.18 Å². The lowest BCUT2D eigenvalue weighted by Crippen LogP contribution is -2.06. The summed E-state index contributed by atoms with van der Waals surface area (Å²) < 4.78 is 12.9. The molecular formula is C24H38ClFO. The van der Waals surface area contributed by atoms with E-state index >= 15 is 0 Å². The predicted octanol–water partition coefficient (Wildman–Crippen LogP) is 8.55. The van der Waals surface area contributed by atoms with E-state index in [2.05, 4.69) is 6.92 Å². The molecule has 154 valence electrons. The maximum absolute atomic E-state index is 12.9. The van der Waals surface area contributed by atoms with Crippen molar-refractivity contribution in [1.82, 2.24) is 0 Å². The maximum Gasteiger partial charge on any atom is 0.155 e. The highest BCUT2D eigenvalue weighted by atomic mass is 35.5. The Hall–Kier alpha value is -0.890. The van der Waals surface area contributed by atoms with Gasteiger partial charge in [0.15, 0.2) is 5.78 Å². The molecule has 0 saturated heterocycles. The summed E-state index contributed by atoms with van der Waals surface area (Å²) >= 11 is 6.20. The van der Waals surface area contributed by atoms with Crippen molar-refractivity contribution in [3.8, 4) is 0 Å². The third-order valence-electron chi connectivity index (χ3n) is 5.22. The summed E-state index contributed by atoms with van der Waals surface area (Å²) in [6.45, 7) is 2.26. The minimum atomic E-state index is -0.646. The molecule has 1 unspecified atom stereocenters. The van der Waals surface area contributed by atoms with Crippen molar-refractivity contribution in [1.29, 1.82) is 0 Å². The molecule has 0 aliphatic heterocycles. The Kier molecular flexibility index (Phi) is 14.4. The standard InChI is InChI=1S/C24H38ClFO/c1-2-3-4-5-6-7-8-9-10-11-12-13-14-15-16-23(27)24(25)21-17-19-22(26)20-18-21/h17-20,24H,2-16H2,1H3. The van der Waals surface area contributed by atoms with Gasteiger partial charge in [-0.25, -0.2) is 4.39 Å². The molecule has 0 aromatic heterocycles. The van der Waals surface area contributed by atoms with Crippen LogP contribution in [0.3, 0.4) is 0 Å². The molecule has 0 radical (unpaired) electrons. The van der Waals surface area contributed by atoms with Gasteiger partial charge < -0.3 is 0 Å². The lowest BCUT2D eigenvalue weighted by atomic mass is 10.0. The number of halogens is 2. The summed E-state index contributed by atoms with van der Waals surface area (Å²) in [6, 6.07) is 5.89. The third kappa shape index (κ3) is 12.2. The highest BCUT2D eigenvalue weighted by Crippen LogP contribution is 2.24. The zero-order valence-electron chi connectivity index (χ0n) is 17.2. The molecule has 0 aliphatic carbocycles. The molecule has 0 fully saturated rings. The molecule has 27 heavy (non-hydrogen) atoms. The number of Topliss-reactive ketones (excluding diaryl/α,β-unsaturated/α-hetero) is 1. The molecule has 0 aliphatic rings. The number of ketones is 1. The zero-order chi connectivity index (χ0) is 19.7. The molecular weight excluding hydrogens is 359 g/mol. The number of hydrogen-bond acceptors (Lipinski definition) is 1. The van der Waals surface area contributed by atoms with Crippen LogP contribution in [-0.4, -0.2) is 5.78 Å². The van der Waals surface area contributed by atoms with Gasteiger partial charge in [0.2, 0.25) is 0 Å². The Bertz CT molecular complexity index is 486. The van der Waals surface area contributed by atoms with Gasteiger partial charge in [-0.05, 0) is 24.1 Å². The second kappa shape index (κ2) is 16.1. The first-order valence-electron chi connectivity index (χ1n) is 11.1. The van der Waals surface area contributed by atoms with Gasteiger partial charge in [-0.1, -0.05) is 103 Å². The summed E-state index contributed by atoms with van der Waals surface area (Å²) in [5, 5.41) is -0.646. The number of rotatable bonds is 17. The van der Waals surface area contributed by atoms with Crippen LogP contribution >= 0.6 is 11.6 Å². The fourth-order valence-electron chi connectivity index (χ4n) is 3.44. The van der Waals surface area contributed by atoms with Crippen LogP contribution in [0.1, 0.15) is 114 Å². The zero-order valence-corrected chi connectivity index (χ0v) is 17.9. The van der Waals surface area contributed by atoms with Gasteiger partial charge in [-0.15, -0.1) is 11.6 Å². The molecule has 1 aromatic carbocycles. The Morgan fingerprint density at radius 2 is 1.19 bits per heavy atom. The van der Waals surface area contributed by atoms with Gasteiger partial charge in [-0.3, -0.25) is 4.79 Å². The van der Waals surface area contributed by atoms with Crippen LogP contribution in [0.25, 0.3) is 0 Å². The van der Waals surface area contributed by atoms with E-state index in [-0.39, 0.29) is 11.6 Å². The van der Waals surface area contributed by atoms with Crippen LogP contribution in [0.4, 0.5) is 4.39 Å². The Labute approximate surface area is 171 Å². The van der Waals surface area contributed by atoms with Gasteiger partial charge in [-0.2, -0.15) is 0 Å². The van der Waals surface area contributed by atoms with Crippen LogP contribution in [0.2, 0.25) is 0 Å². The molecule has 0 heterocycles. The van der Waals surface area contributed by atoms with Gasteiger partial charge >= 0.3 is 0 Å². The summed E-state index contributed by atoms with van der Waals surface area (Å²) in [5.74, 6) is -0.260. The van der Waals surface area contributed by atoms with E-state index in [1.165, 1.54) is 89.2 Å². The number of carbonyl (C=O) groups excluding carboxylic acids is 1. The first-order chi connectivity index (χ1) is 13.1. The Morgan fingerprint density at radius 1 is 0.778 bits per heavy atom. The van der Waals surface area contributed by atoms with E-state index in [0.29, 0.717) is 12.0 Å². The normalized spacial score (nSPS) is 12.3. The van der Waals surface area contributed by atoms with E-state index in [1.807, 2.05) is 0 Å². The van der Waals surface area contributed by atoms with Crippen LogP contribution in [0, 0.1) is 5.82 Å². The Balaban J connectivity index is 1.91. The van der Waals surface area contributed by atoms with Gasteiger partial charge in [0, 0.05) is 6.42 Å². The fraction of sp³-hybridized carbons (Fsp3) is 0.708. The topological polar surface area (TPSA) is 17.1 Å². The number of benzene rings is 1. The van der Waals surface area contributed by atoms with E-state index in [9.17, 15) is 9.18 Å². The van der Waals surface area contributed by atoms with Crippen LogP contribution in [0.15, 0.2) is 24.3 Å².